The molecule has 1 fully saturated rings. The van der Waals surface area contributed by atoms with Crippen LogP contribution in [0.25, 0.3) is 0 Å². The Kier molecular flexibility index (Phi) is 3.14. The van der Waals surface area contributed by atoms with E-state index < -0.39 is 0 Å². The molecule has 2 heterocycles. The van der Waals surface area contributed by atoms with Crippen LogP contribution in [0.1, 0.15) is 30.9 Å². The van der Waals surface area contributed by atoms with Crippen molar-refractivity contribution in [1.82, 2.24) is 4.90 Å². The van der Waals surface area contributed by atoms with Gasteiger partial charge in [-0.2, -0.15) is 0 Å². The molecule has 1 saturated heterocycles. The molecule has 2 aliphatic rings. The number of nitrogen functional groups attached to an aromatic ring is 1. The van der Waals surface area contributed by atoms with Crippen LogP contribution in [0.15, 0.2) is 12.1 Å². The van der Waals surface area contributed by atoms with Gasteiger partial charge < -0.3 is 15.2 Å². The third kappa shape index (κ3) is 2.18. The van der Waals surface area contributed by atoms with Crippen LogP contribution in [0.4, 0.5) is 5.69 Å². The summed E-state index contributed by atoms with van der Waals surface area (Å²) >= 11 is 0. The molecule has 4 nitrogen and oxygen atoms in total. The van der Waals surface area contributed by atoms with Gasteiger partial charge in [-0.25, -0.2) is 0 Å². The van der Waals surface area contributed by atoms with E-state index in [0.717, 1.165) is 23.5 Å². The van der Waals surface area contributed by atoms with E-state index in [1.54, 1.807) is 0 Å². The number of anilines is 1. The molecule has 2 aliphatic heterocycles. The number of hydrogen-bond acceptors (Lipinski definition) is 4. The first-order chi connectivity index (χ1) is 8.74. The predicted octanol–water partition coefficient (Wildman–Crippen LogP) is 2.12. The minimum Gasteiger partial charge on any atom is -0.467 e. The number of hydrogen-bond donors (Lipinski definition) is 1. The molecular weight excluding hydrogens is 228 g/mol. The molecule has 0 spiro atoms. The number of nitrogens with zero attached hydrogens (tertiary/aromatic N) is 1. The molecule has 1 unspecified atom stereocenters. The van der Waals surface area contributed by atoms with Crippen molar-refractivity contribution in [2.45, 2.75) is 39.0 Å². The highest BCUT2D eigenvalue weighted by Crippen LogP contribution is 2.33. The van der Waals surface area contributed by atoms with Crippen molar-refractivity contribution < 1.29 is 9.47 Å². The third-order valence-electron chi connectivity index (χ3n) is 3.87. The Labute approximate surface area is 108 Å². The molecule has 1 aromatic carbocycles. The van der Waals surface area contributed by atoms with Gasteiger partial charge in [0.05, 0.1) is 6.61 Å². The first kappa shape index (κ1) is 11.8. The van der Waals surface area contributed by atoms with Crippen LogP contribution in [0.2, 0.25) is 0 Å². The number of ether oxygens (including phenoxy) is 2. The summed E-state index contributed by atoms with van der Waals surface area (Å²) in [7, 11) is 0. The molecular formula is C14H20N2O2. The fourth-order valence-electron chi connectivity index (χ4n) is 2.89. The highest BCUT2D eigenvalue weighted by atomic mass is 16.7. The van der Waals surface area contributed by atoms with Gasteiger partial charge >= 0.3 is 0 Å². The molecule has 0 aromatic heterocycles. The summed E-state index contributed by atoms with van der Waals surface area (Å²) in [5, 5.41) is 0. The van der Waals surface area contributed by atoms with Gasteiger partial charge in [0.2, 0.25) is 0 Å². The summed E-state index contributed by atoms with van der Waals surface area (Å²) in [5.41, 5.74) is 9.03. The average molecular weight is 248 g/mol. The van der Waals surface area contributed by atoms with Crippen molar-refractivity contribution >= 4 is 5.69 Å². The number of benzene rings is 1. The van der Waals surface area contributed by atoms with Gasteiger partial charge in [0.25, 0.3) is 0 Å². The minimum absolute atomic E-state index is 0.347. The standard InChI is InChI=1S/C14H20N2O2/c1-10-3-2-4-16(10)7-11-5-13(15)6-12-8-17-9-18-14(11)12/h5-6,10H,2-4,7-9,15H2,1H3. The lowest BCUT2D eigenvalue weighted by Crippen LogP contribution is -2.27. The number of nitrogens with two attached hydrogens (primary N) is 1. The summed E-state index contributed by atoms with van der Waals surface area (Å²) in [6.07, 6.45) is 2.57. The highest BCUT2D eigenvalue weighted by molar-refractivity contribution is 5.53. The van der Waals surface area contributed by atoms with E-state index in [9.17, 15) is 0 Å². The van der Waals surface area contributed by atoms with Crippen LogP contribution in [0, 0.1) is 0 Å². The molecule has 0 saturated carbocycles. The van der Waals surface area contributed by atoms with Gasteiger partial charge in [-0.3, -0.25) is 4.90 Å². The lowest BCUT2D eigenvalue weighted by Gasteiger charge is -2.26. The molecule has 0 amide bonds. The Hall–Kier alpha value is -1.26. The lowest BCUT2D eigenvalue weighted by atomic mass is 10.1. The minimum atomic E-state index is 0.347. The lowest BCUT2D eigenvalue weighted by molar-refractivity contribution is -0.0174. The van der Waals surface area contributed by atoms with Gasteiger partial charge in [-0.1, -0.05) is 0 Å². The number of likely N-dealkylation sites (tertiary alicyclic amines) is 1. The van der Waals surface area contributed by atoms with Gasteiger partial charge in [0, 0.05) is 29.4 Å². The van der Waals surface area contributed by atoms with Gasteiger partial charge in [0.15, 0.2) is 6.79 Å². The van der Waals surface area contributed by atoms with Crippen LogP contribution in [0.5, 0.6) is 5.75 Å². The second-order valence-electron chi connectivity index (χ2n) is 5.24. The van der Waals surface area contributed by atoms with E-state index in [1.165, 1.54) is 24.9 Å². The molecule has 18 heavy (non-hydrogen) atoms. The SMILES string of the molecule is CC1CCCN1Cc1cc(N)cc2c1OCOC2. The van der Waals surface area contributed by atoms with E-state index in [-0.39, 0.29) is 0 Å². The Morgan fingerprint density at radius 2 is 2.33 bits per heavy atom. The summed E-state index contributed by atoms with van der Waals surface area (Å²) in [6.45, 7) is 5.33. The highest BCUT2D eigenvalue weighted by Gasteiger charge is 2.23. The largest absolute Gasteiger partial charge is 0.467 e. The second kappa shape index (κ2) is 4.78. The molecule has 4 heteroatoms. The maximum atomic E-state index is 5.96. The van der Waals surface area contributed by atoms with Crippen LogP contribution in [-0.4, -0.2) is 24.3 Å². The van der Waals surface area contributed by atoms with Crippen molar-refractivity contribution in [2.75, 3.05) is 19.1 Å². The normalized spacial score (nSPS) is 23.7. The Bertz CT molecular complexity index is 448. The Balaban J connectivity index is 1.88. The third-order valence-corrected chi connectivity index (χ3v) is 3.87. The topological polar surface area (TPSA) is 47.7 Å². The van der Waals surface area contributed by atoms with E-state index in [2.05, 4.69) is 11.8 Å². The molecule has 0 aliphatic carbocycles. The molecule has 2 N–H and O–H groups in total. The smallest absolute Gasteiger partial charge is 0.189 e. The Morgan fingerprint density at radius 1 is 1.44 bits per heavy atom. The van der Waals surface area contributed by atoms with Gasteiger partial charge in [-0.05, 0) is 38.4 Å². The molecule has 98 valence electrons. The first-order valence-corrected chi connectivity index (χ1v) is 6.60. The van der Waals surface area contributed by atoms with Crippen molar-refractivity contribution in [3.63, 3.8) is 0 Å². The molecule has 1 atom stereocenters. The summed E-state index contributed by atoms with van der Waals surface area (Å²) < 4.78 is 11.0. The van der Waals surface area contributed by atoms with Crippen LogP contribution in [0.3, 0.4) is 0 Å². The van der Waals surface area contributed by atoms with E-state index in [4.69, 9.17) is 15.2 Å². The number of rotatable bonds is 2. The maximum Gasteiger partial charge on any atom is 0.189 e. The van der Waals surface area contributed by atoms with Crippen molar-refractivity contribution in [1.29, 1.82) is 0 Å². The van der Waals surface area contributed by atoms with Crippen molar-refractivity contribution in [3.05, 3.63) is 23.3 Å². The van der Waals surface area contributed by atoms with Crippen molar-refractivity contribution in [2.24, 2.45) is 0 Å². The quantitative estimate of drug-likeness (QED) is 0.814. The van der Waals surface area contributed by atoms with Gasteiger partial charge in [-0.15, -0.1) is 0 Å². The van der Waals surface area contributed by atoms with Crippen molar-refractivity contribution in [3.8, 4) is 5.75 Å². The van der Waals surface area contributed by atoms with Crippen LogP contribution in [-0.2, 0) is 17.9 Å². The fourth-order valence-corrected chi connectivity index (χ4v) is 2.89. The van der Waals surface area contributed by atoms with Gasteiger partial charge in [0.1, 0.15) is 5.75 Å². The monoisotopic (exact) mass is 248 g/mol. The summed E-state index contributed by atoms with van der Waals surface area (Å²) in [4.78, 5) is 2.49. The maximum absolute atomic E-state index is 5.96. The molecule has 0 bridgehead atoms. The zero-order valence-electron chi connectivity index (χ0n) is 10.8. The summed E-state index contributed by atoms with van der Waals surface area (Å²) in [6, 6.07) is 4.64. The Morgan fingerprint density at radius 3 is 3.11 bits per heavy atom. The first-order valence-electron chi connectivity index (χ1n) is 6.60. The predicted molar refractivity (Wildman–Crippen MR) is 70.2 cm³/mol. The van der Waals surface area contributed by atoms with Crippen LogP contribution < -0.4 is 10.5 Å². The number of fused-ring (bicyclic) bond motifs is 1. The molecule has 0 radical (unpaired) electrons. The zero-order valence-corrected chi connectivity index (χ0v) is 10.8. The molecule has 1 aromatic rings. The second-order valence-corrected chi connectivity index (χ2v) is 5.24. The molecule has 3 rings (SSSR count). The van der Waals surface area contributed by atoms with E-state index in [1.807, 2.05) is 12.1 Å². The van der Waals surface area contributed by atoms with E-state index >= 15 is 0 Å². The fraction of sp³-hybridized carbons (Fsp3) is 0.571. The van der Waals surface area contributed by atoms with E-state index in [0.29, 0.717) is 19.4 Å². The average Bonchev–Trinajstić information content (AvgIpc) is 2.75. The summed E-state index contributed by atoms with van der Waals surface area (Å²) in [5.74, 6) is 0.981. The zero-order chi connectivity index (χ0) is 12.5. The van der Waals surface area contributed by atoms with Crippen LogP contribution >= 0.6 is 0 Å².